The first kappa shape index (κ1) is 19.1. The number of aromatic nitrogens is 7. The van der Waals surface area contributed by atoms with Crippen molar-refractivity contribution < 1.29 is 9.13 Å². The van der Waals surface area contributed by atoms with E-state index in [-0.39, 0.29) is 0 Å². The van der Waals surface area contributed by atoms with Crippen LogP contribution in [0.5, 0.6) is 5.75 Å². The van der Waals surface area contributed by atoms with E-state index in [0.717, 1.165) is 22.0 Å². The molecular formula is C24H16FN7O. The molecule has 0 radical (unpaired) electrons. The summed E-state index contributed by atoms with van der Waals surface area (Å²) in [5, 5.41) is 8.19. The van der Waals surface area contributed by atoms with E-state index in [1.54, 1.807) is 30.9 Å². The average molecular weight is 437 g/mol. The first-order chi connectivity index (χ1) is 16.2. The van der Waals surface area contributed by atoms with Gasteiger partial charge in [-0.05, 0) is 42.0 Å². The van der Waals surface area contributed by atoms with Crippen LogP contribution in [0.2, 0.25) is 0 Å². The number of methoxy groups -OCH3 is 1. The molecule has 0 aliphatic carbocycles. The van der Waals surface area contributed by atoms with Crippen LogP contribution in [0, 0.1) is 5.82 Å². The van der Waals surface area contributed by atoms with Crippen LogP contribution in [0.15, 0.2) is 67.3 Å². The third-order valence-electron chi connectivity index (χ3n) is 5.44. The number of hydrogen-bond donors (Lipinski definition) is 2. The number of imidazole rings is 1. The molecule has 0 atom stereocenters. The molecule has 0 amide bonds. The summed E-state index contributed by atoms with van der Waals surface area (Å²) < 4.78 is 19.3. The normalized spacial score (nSPS) is 11.3. The summed E-state index contributed by atoms with van der Waals surface area (Å²) in [6.45, 7) is 0. The van der Waals surface area contributed by atoms with Crippen LogP contribution in [0.4, 0.5) is 4.39 Å². The van der Waals surface area contributed by atoms with E-state index in [1.165, 1.54) is 19.2 Å². The second kappa shape index (κ2) is 7.49. The van der Waals surface area contributed by atoms with Crippen LogP contribution >= 0.6 is 0 Å². The van der Waals surface area contributed by atoms with Crippen molar-refractivity contribution in [3.63, 3.8) is 0 Å². The molecule has 0 unspecified atom stereocenters. The van der Waals surface area contributed by atoms with Crippen LogP contribution in [-0.2, 0) is 0 Å². The van der Waals surface area contributed by atoms with Crippen molar-refractivity contribution in [3.05, 3.63) is 73.1 Å². The summed E-state index contributed by atoms with van der Waals surface area (Å²) >= 11 is 0. The maximum Gasteiger partial charge on any atom is 0.181 e. The third-order valence-corrected chi connectivity index (χ3v) is 5.44. The Bertz CT molecular complexity index is 1620. The Balaban J connectivity index is 1.50. The number of pyridine rings is 3. The lowest BCUT2D eigenvalue weighted by Gasteiger charge is -2.05. The lowest BCUT2D eigenvalue weighted by atomic mass is 10.1. The van der Waals surface area contributed by atoms with Crippen LogP contribution in [0.3, 0.4) is 0 Å². The number of H-pyrrole nitrogens is 2. The van der Waals surface area contributed by atoms with Gasteiger partial charge in [0, 0.05) is 42.0 Å². The van der Waals surface area contributed by atoms with Crippen molar-refractivity contribution in [2.45, 2.75) is 0 Å². The van der Waals surface area contributed by atoms with Gasteiger partial charge in [0.2, 0.25) is 0 Å². The maximum absolute atomic E-state index is 14.1. The number of rotatable bonds is 4. The zero-order valence-corrected chi connectivity index (χ0v) is 17.4. The van der Waals surface area contributed by atoms with Gasteiger partial charge in [-0.1, -0.05) is 0 Å². The topological polar surface area (TPSA) is 105 Å². The molecule has 8 nitrogen and oxygen atoms in total. The molecule has 0 aliphatic heterocycles. The van der Waals surface area contributed by atoms with E-state index < -0.39 is 5.82 Å². The van der Waals surface area contributed by atoms with Crippen LogP contribution in [-0.4, -0.2) is 42.2 Å². The summed E-state index contributed by atoms with van der Waals surface area (Å²) in [7, 11) is 1.50. The van der Waals surface area contributed by atoms with Gasteiger partial charge in [0.15, 0.2) is 11.5 Å². The molecule has 0 spiro atoms. The molecule has 5 aromatic heterocycles. The molecule has 0 saturated carbocycles. The molecule has 2 N–H and O–H groups in total. The summed E-state index contributed by atoms with van der Waals surface area (Å²) in [6, 6.07) is 12.2. The van der Waals surface area contributed by atoms with Crippen molar-refractivity contribution >= 4 is 22.1 Å². The molecule has 33 heavy (non-hydrogen) atoms. The van der Waals surface area contributed by atoms with E-state index in [9.17, 15) is 4.39 Å². The van der Waals surface area contributed by atoms with Crippen LogP contribution < -0.4 is 4.74 Å². The Morgan fingerprint density at radius 1 is 0.909 bits per heavy atom. The highest BCUT2D eigenvalue weighted by Crippen LogP contribution is 2.32. The number of nitrogens with one attached hydrogen (secondary N) is 2. The molecule has 0 aliphatic rings. The quantitative estimate of drug-likeness (QED) is 0.411. The zero-order valence-electron chi connectivity index (χ0n) is 17.4. The Morgan fingerprint density at radius 2 is 1.79 bits per heavy atom. The second-order valence-electron chi connectivity index (χ2n) is 7.45. The minimum Gasteiger partial charge on any atom is -0.497 e. The third kappa shape index (κ3) is 3.26. The lowest BCUT2D eigenvalue weighted by Crippen LogP contribution is -1.90. The smallest absolute Gasteiger partial charge is 0.181 e. The predicted octanol–water partition coefficient (Wildman–Crippen LogP) is 4.77. The van der Waals surface area contributed by atoms with Crippen molar-refractivity contribution in [2.75, 3.05) is 7.11 Å². The fourth-order valence-corrected chi connectivity index (χ4v) is 3.86. The van der Waals surface area contributed by atoms with E-state index in [2.05, 4.69) is 30.1 Å². The molecule has 0 saturated heterocycles. The van der Waals surface area contributed by atoms with E-state index in [0.29, 0.717) is 39.7 Å². The Labute approximate surface area is 186 Å². The maximum atomic E-state index is 14.1. The number of halogens is 1. The molecule has 1 aromatic carbocycles. The van der Waals surface area contributed by atoms with Gasteiger partial charge in [-0.15, -0.1) is 0 Å². The number of nitrogens with zero attached hydrogens (tertiary/aromatic N) is 5. The molecule has 0 fully saturated rings. The second-order valence-corrected chi connectivity index (χ2v) is 7.45. The van der Waals surface area contributed by atoms with Gasteiger partial charge in [0.05, 0.1) is 23.7 Å². The van der Waals surface area contributed by atoms with Crippen molar-refractivity contribution in [1.82, 2.24) is 35.1 Å². The molecular weight excluding hydrogens is 421 g/mol. The number of benzene rings is 1. The highest BCUT2D eigenvalue weighted by Gasteiger charge is 2.17. The van der Waals surface area contributed by atoms with E-state index in [1.807, 2.05) is 24.3 Å². The number of ether oxygens (including phenoxy) is 1. The van der Waals surface area contributed by atoms with Crippen molar-refractivity contribution in [2.24, 2.45) is 0 Å². The minimum atomic E-state index is -0.409. The number of fused-ring (bicyclic) bond motifs is 2. The molecule has 6 aromatic rings. The van der Waals surface area contributed by atoms with Gasteiger partial charge in [0.1, 0.15) is 22.8 Å². The van der Waals surface area contributed by atoms with Gasteiger partial charge in [-0.2, -0.15) is 5.10 Å². The monoisotopic (exact) mass is 437 g/mol. The van der Waals surface area contributed by atoms with Crippen molar-refractivity contribution in [3.8, 4) is 39.7 Å². The number of hydrogen-bond acceptors (Lipinski definition) is 6. The first-order valence-electron chi connectivity index (χ1n) is 10.1. The molecule has 5 heterocycles. The molecule has 160 valence electrons. The lowest BCUT2D eigenvalue weighted by molar-refractivity contribution is 0.411. The fraction of sp³-hybridized carbons (Fsp3) is 0.0417. The van der Waals surface area contributed by atoms with Gasteiger partial charge >= 0.3 is 0 Å². The van der Waals surface area contributed by atoms with Crippen LogP contribution in [0.25, 0.3) is 56.0 Å². The molecule has 6 rings (SSSR count). The van der Waals surface area contributed by atoms with Gasteiger partial charge in [-0.3, -0.25) is 15.1 Å². The summed E-state index contributed by atoms with van der Waals surface area (Å²) in [6.07, 6.45) is 6.92. The Hall–Kier alpha value is -4.66. The van der Waals surface area contributed by atoms with Gasteiger partial charge < -0.3 is 9.72 Å². The Morgan fingerprint density at radius 3 is 2.64 bits per heavy atom. The standard InChI is InChI=1S/C24H16FN7O/c1-33-17-9-14(8-16(25)11-17)20-22-19(4-7-27-20)29-24(30-22)21-18-10-15(12-28-23(18)32-31-21)13-2-5-26-6-3-13/h2-12H,1H3,(H,29,30)(H,28,31,32). The largest absolute Gasteiger partial charge is 0.497 e. The average Bonchev–Trinajstić information content (AvgIpc) is 3.47. The van der Waals surface area contributed by atoms with Gasteiger partial charge in [0.25, 0.3) is 0 Å². The van der Waals surface area contributed by atoms with E-state index >= 15 is 0 Å². The Kier molecular flexibility index (Phi) is 4.32. The van der Waals surface area contributed by atoms with Crippen LogP contribution in [0.1, 0.15) is 0 Å². The fourth-order valence-electron chi connectivity index (χ4n) is 3.86. The first-order valence-corrected chi connectivity index (χ1v) is 10.1. The summed E-state index contributed by atoms with van der Waals surface area (Å²) in [5.41, 5.74) is 5.73. The minimum absolute atomic E-state index is 0.409. The molecule has 0 bridgehead atoms. The van der Waals surface area contributed by atoms with E-state index in [4.69, 9.17) is 9.72 Å². The predicted molar refractivity (Wildman–Crippen MR) is 122 cm³/mol. The highest BCUT2D eigenvalue weighted by molar-refractivity contribution is 5.96. The summed E-state index contributed by atoms with van der Waals surface area (Å²) in [5.74, 6) is 0.584. The zero-order chi connectivity index (χ0) is 22.4. The van der Waals surface area contributed by atoms with Crippen molar-refractivity contribution in [1.29, 1.82) is 0 Å². The van der Waals surface area contributed by atoms with Gasteiger partial charge in [-0.25, -0.2) is 14.4 Å². The summed E-state index contributed by atoms with van der Waals surface area (Å²) in [4.78, 5) is 21.1. The highest BCUT2D eigenvalue weighted by atomic mass is 19.1. The molecule has 9 heteroatoms. The SMILES string of the molecule is COc1cc(F)cc(-c2nccc3[nH]c(-c4[nH]nc5ncc(-c6ccncc6)cc45)nc23)c1. The number of aromatic amines is 2.